The minimum atomic E-state index is -0.550. The molecule has 1 amide bonds. The summed E-state index contributed by atoms with van der Waals surface area (Å²) in [7, 11) is 0. The molecule has 0 N–H and O–H groups in total. The zero-order valence-corrected chi connectivity index (χ0v) is 16.0. The highest BCUT2D eigenvalue weighted by Gasteiger charge is 2.41. The number of aromatic nitrogens is 2. The molecular weight excluding hydrogens is 346 g/mol. The van der Waals surface area contributed by atoms with E-state index in [1.54, 1.807) is 4.90 Å². The van der Waals surface area contributed by atoms with E-state index < -0.39 is 11.1 Å². The highest BCUT2D eigenvalue weighted by atomic mass is 35.5. The fourth-order valence-electron chi connectivity index (χ4n) is 2.82. The molecule has 0 radical (unpaired) electrons. The van der Waals surface area contributed by atoms with Gasteiger partial charge in [-0.05, 0) is 50.9 Å². The average Bonchev–Trinajstić information content (AvgIpc) is 2.53. The van der Waals surface area contributed by atoms with Gasteiger partial charge in [0.2, 0.25) is 5.28 Å². The Bertz CT molecular complexity index is 664. The Kier molecular flexibility index (Phi) is 5.51. The minimum Gasteiger partial charge on any atom is -0.444 e. The van der Waals surface area contributed by atoms with Crippen molar-refractivity contribution in [3.63, 3.8) is 0 Å². The summed E-state index contributed by atoms with van der Waals surface area (Å²) in [6.07, 6.45) is 1.70. The van der Waals surface area contributed by atoms with E-state index in [1.165, 1.54) is 6.20 Å². The van der Waals surface area contributed by atoms with E-state index in [0.717, 1.165) is 6.42 Å². The molecule has 2 heterocycles. The van der Waals surface area contributed by atoms with Gasteiger partial charge in [0, 0.05) is 19.6 Å². The first-order valence-electron chi connectivity index (χ1n) is 8.21. The van der Waals surface area contributed by atoms with E-state index in [-0.39, 0.29) is 17.1 Å². The molecule has 1 aromatic heterocycles. The smallest absolute Gasteiger partial charge is 0.410 e. The number of halogens is 1. The predicted octanol–water partition coefficient (Wildman–Crippen LogP) is 3.75. The molecule has 138 valence electrons. The Morgan fingerprint density at radius 3 is 2.68 bits per heavy atom. The molecule has 25 heavy (non-hydrogen) atoms. The lowest BCUT2D eigenvalue weighted by Gasteiger charge is -2.49. The zero-order chi connectivity index (χ0) is 18.8. The van der Waals surface area contributed by atoms with E-state index in [0.29, 0.717) is 25.5 Å². The lowest BCUT2D eigenvalue weighted by atomic mass is 9.93. The lowest BCUT2D eigenvalue weighted by Crippen LogP contribution is -2.62. The van der Waals surface area contributed by atoms with Gasteiger partial charge in [0.15, 0.2) is 11.5 Å². The fraction of sp³-hybridized carbons (Fsp3) is 0.688. The Balaban J connectivity index is 2.28. The van der Waals surface area contributed by atoms with Gasteiger partial charge in [-0.25, -0.2) is 9.78 Å². The van der Waals surface area contributed by atoms with Crippen LogP contribution in [0.4, 0.5) is 16.3 Å². The van der Waals surface area contributed by atoms with Crippen LogP contribution in [0, 0.1) is 4.91 Å². The van der Waals surface area contributed by atoms with Crippen LogP contribution in [0.1, 0.15) is 41.0 Å². The van der Waals surface area contributed by atoms with E-state index in [9.17, 15) is 9.70 Å². The van der Waals surface area contributed by atoms with Crippen LogP contribution in [-0.2, 0) is 4.74 Å². The van der Waals surface area contributed by atoms with Crippen molar-refractivity contribution in [2.75, 3.05) is 24.5 Å². The van der Waals surface area contributed by atoms with Gasteiger partial charge in [-0.1, -0.05) is 6.92 Å². The summed E-state index contributed by atoms with van der Waals surface area (Å²) >= 11 is 5.90. The second-order valence-electron chi connectivity index (χ2n) is 7.34. The monoisotopic (exact) mass is 369 g/mol. The van der Waals surface area contributed by atoms with Crippen molar-refractivity contribution < 1.29 is 9.53 Å². The lowest BCUT2D eigenvalue weighted by molar-refractivity contribution is 0.0167. The minimum absolute atomic E-state index is 0.0513. The molecule has 1 unspecified atom stereocenters. The molecule has 1 fully saturated rings. The van der Waals surface area contributed by atoms with E-state index in [2.05, 4.69) is 15.1 Å². The summed E-state index contributed by atoms with van der Waals surface area (Å²) in [5, 5.41) is 3.06. The van der Waals surface area contributed by atoms with Crippen LogP contribution >= 0.6 is 11.6 Å². The van der Waals surface area contributed by atoms with Crippen molar-refractivity contribution >= 4 is 29.2 Å². The van der Waals surface area contributed by atoms with Crippen molar-refractivity contribution in [2.24, 2.45) is 5.18 Å². The SMILES string of the molecule is CCC1(C)CN(C(=O)OC(C)(C)C)CCN1c1nc(Cl)ncc1N=O. The van der Waals surface area contributed by atoms with Gasteiger partial charge in [-0.2, -0.15) is 4.98 Å². The van der Waals surface area contributed by atoms with Crippen molar-refractivity contribution in [2.45, 2.75) is 52.2 Å². The molecule has 1 atom stereocenters. The third-order valence-corrected chi connectivity index (χ3v) is 4.45. The Hall–Kier alpha value is -1.96. The largest absolute Gasteiger partial charge is 0.444 e. The maximum atomic E-state index is 12.4. The van der Waals surface area contributed by atoms with Crippen LogP contribution < -0.4 is 4.90 Å². The molecule has 8 nitrogen and oxygen atoms in total. The third-order valence-electron chi connectivity index (χ3n) is 4.26. The number of nitroso groups, excluding NO2 is 1. The topological polar surface area (TPSA) is 88.0 Å². The zero-order valence-electron chi connectivity index (χ0n) is 15.2. The quantitative estimate of drug-likeness (QED) is 0.595. The summed E-state index contributed by atoms with van der Waals surface area (Å²) in [4.78, 5) is 35.2. The van der Waals surface area contributed by atoms with Gasteiger partial charge < -0.3 is 14.5 Å². The van der Waals surface area contributed by atoms with Gasteiger partial charge >= 0.3 is 6.09 Å². The van der Waals surface area contributed by atoms with Crippen LogP contribution in [0.15, 0.2) is 11.4 Å². The van der Waals surface area contributed by atoms with Crippen LogP contribution in [0.2, 0.25) is 5.28 Å². The Morgan fingerprint density at radius 1 is 1.44 bits per heavy atom. The second kappa shape index (κ2) is 7.11. The van der Waals surface area contributed by atoms with Crippen LogP contribution in [0.25, 0.3) is 0 Å². The van der Waals surface area contributed by atoms with Gasteiger partial charge in [-0.15, -0.1) is 4.91 Å². The maximum absolute atomic E-state index is 12.4. The molecule has 1 saturated heterocycles. The van der Waals surface area contributed by atoms with Crippen molar-refractivity contribution in [3.05, 3.63) is 16.4 Å². The van der Waals surface area contributed by atoms with Gasteiger partial charge in [0.25, 0.3) is 0 Å². The number of amides is 1. The standard InChI is InChI=1S/C16H24ClN5O3/c1-6-16(5)10-21(14(23)25-15(2,3)4)7-8-22(16)12-11(20-24)9-18-13(17)19-12/h9H,6-8,10H2,1-5H3. The number of carbonyl (C=O) groups excluding carboxylic acids is 1. The summed E-state index contributed by atoms with van der Waals surface area (Å²) in [6.45, 7) is 10.9. The molecule has 0 aliphatic carbocycles. The molecule has 0 saturated carbocycles. The summed E-state index contributed by atoms with van der Waals surface area (Å²) in [5.41, 5.74) is -0.854. The molecular formula is C16H24ClN5O3. The first kappa shape index (κ1) is 19.4. The molecule has 1 aromatic rings. The first-order valence-corrected chi connectivity index (χ1v) is 8.59. The van der Waals surface area contributed by atoms with Crippen LogP contribution in [-0.4, -0.2) is 51.7 Å². The second-order valence-corrected chi connectivity index (χ2v) is 7.68. The Labute approximate surface area is 152 Å². The van der Waals surface area contributed by atoms with Crippen LogP contribution in [0.5, 0.6) is 0 Å². The van der Waals surface area contributed by atoms with Crippen molar-refractivity contribution in [1.82, 2.24) is 14.9 Å². The number of piperazine rings is 1. The Morgan fingerprint density at radius 2 is 2.12 bits per heavy atom. The highest BCUT2D eigenvalue weighted by Crippen LogP contribution is 2.35. The first-order chi connectivity index (χ1) is 11.6. The number of rotatable bonds is 3. The molecule has 1 aliphatic heterocycles. The van der Waals surface area contributed by atoms with E-state index in [1.807, 2.05) is 39.5 Å². The van der Waals surface area contributed by atoms with Gasteiger partial charge in [-0.3, -0.25) is 0 Å². The van der Waals surface area contributed by atoms with Gasteiger partial charge in [0.1, 0.15) is 5.60 Å². The number of anilines is 1. The number of ether oxygens (including phenoxy) is 1. The normalized spacial score (nSPS) is 21.2. The highest BCUT2D eigenvalue weighted by molar-refractivity contribution is 6.28. The number of carbonyl (C=O) groups is 1. The summed E-state index contributed by atoms with van der Waals surface area (Å²) < 4.78 is 5.47. The molecule has 0 bridgehead atoms. The summed E-state index contributed by atoms with van der Waals surface area (Å²) in [5.74, 6) is 0.392. The van der Waals surface area contributed by atoms with E-state index >= 15 is 0 Å². The number of nitrogens with zero attached hydrogens (tertiary/aromatic N) is 5. The molecule has 2 rings (SSSR count). The fourth-order valence-corrected chi connectivity index (χ4v) is 2.95. The predicted molar refractivity (Wildman–Crippen MR) is 96.3 cm³/mol. The number of hydrogen-bond acceptors (Lipinski definition) is 7. The average molecular weight is 370 g/mol. The van der Waals surface area contributed by atoms with E-state index in [4.69, 9.17) is 16.3 Å². The third kappa shape index (κ3) is 4.36. The van der Waals surface area contributed by atoms with Gasteiger partial charge in [0.05, 0.1) is 11.7 Å². The van der Waals surface area contributed by atoms with Crippen LogP contribution in [0.3, 0.4) is 0 Å². The summed E-state index contributed by atoms with van der Waals surface area (Å²) in [6, 6.07) is 0. The number of hydrogen-bond donors (Lipinski definition) is 0. The molecule has 9 heteroatoms. The molecule has 1 aliphatic rings. The van der Waals surface area contributed by atoms with Crippen molar-refractivity contribution in [3.8, 4) is 0 Å². The van der Waals surface area contributed by atoms with Crippen molar-refractivity contribution in [1.29, 1.82) is 0 Å². The molecule has 0 spiro atoms. The molecule has 0 aromatic carbocycles. The maximum Gasteiger partial charge on any atom is 0.410 e.